The molecule has 0 unspecified atom stereocenters. The van der Waals surface area contributed by atoms with Gasteiger partial charge in [0.2, 0.25) is 5.90 Å². The normalized spacial score (nSPS) is 22.8. The Bertz CT molecular complexity index is 545. The molecule has 0 fully saturated rings. The minimum atomic E-state index is -2.74. The second-order valence-electron chi connectivity index (χ2n) is 5.26. The fourth-order valence-electron chi connectivity index (χ4n) is 2.37. The number of likely N-dealkylation sites (N-methyl/N-ethyl adjacent to an activating group) is 1. The van der Waals surface area contributed by atoms with E-state index in [0.29, 0.717) is 25.1 Å². The Morgan fingerprint density at radius 1 is 1.43 bits per heavy atom. The first-order valence-corrected chi connectivity index (χ1v) is 7.27. The number of aliphatic imine (C=N–C) groups is 2. The number of hydrogen-bond acceptors (Lipinski definition) is 4. The number of alkyl halides is 2. The van der Waals surface area contributed by atoms with E-state index in [9.17, 15) is 8.78 Å². The van der Waals surface area contributed by atoms with Gasteiger partial charge in [0.25, 0.3) is 5.92 Å². The van der Waals surface area contributed by atoms with E-state index in [1.165, 1.54) is 4.90 Å². The molecular formula is C15H23F2N3O. The van der Waals surface area contributed by atoms with E-state index in [1.54, 1.807) is 6.92 Å². The van der Waals surface area contributed by atoms with E-state index >= 15 is 0 Å². The van der Waals surface area contributed by atoms with Crippen LogP contribution in [0.25, 0.3) is 0 Å². The van der Waals surface area contributed by atoms with Crippen molar-refractivity contribution in [3.05, 3.63) is 11.6 Å². The molecular weight excluding hydrogens is 276 g/mol. The van der Waals surface area contributed by atoms with Crippen molar-refractivity contribution in [1.29, 1.82) is 0 Å². The molecule has 21 heavy (non-hydrogen) atoms. The lowest BCUT2D eigenvalue weighted by Gasteiger charge is -2.23. The molecule has 2 aliphatic heterocycles. The molecule has 0 radical (unpaired) electrons. The van der Waals surface area contributed by atoms with Gasteiger partial charge in [-0.3, -0.25) is 4.99 Å². The minimum Gasteiger partial charge on any atom is -0.476 e. The summed E-state index contributed by atoms with van der Waals surface area (Å²) in [5.41, 5.74) is 1.22. The van der Waals surface area contributed by atoms with Crippen molar-refractivity contribution in [2.75, 3.05) is 33.3 Å². The fraction of sp³-hybridized carbons (Fsp3) is 0.733. The molecule has 118 valence electrons. The average Bonchev–Trinajstić information content (AvgIpc) is 2.94. The highest BCUT2D eigenvalue weighted by Crippen LogP contribution is 2.24. The number of ether oxygens (including phenoxy) is 1. The third-order valence-corrected chi connectivity index (χ3v) is 3.42. The van der Waals surface area contributed by atoms with Gasteiger partial charge in [-0.25, -0.2) is 13.8 Å². The van der Waals surface area contributed by atoms with Gasteiger partial charge in [-0.05, 0) is 19.0 Å². The van der Waals surface area contributed by atoms with Gasteiger partial charge in [0, 0.05) is 30.0 Å². The van der Waals surface area contributed by atoms with Crippen molar-refractivity contribution >= 4 is 11.6 Å². The van der Waals surface area contributed by atoms with Gasteiger partial charge >= 0.3 is 0 Å². The van der Waals surface area contributed by atoms with Crippen molar-refractivity contribution in [2.24, 2.45) is 9.98 Å². The van der Waals surface area contributed by atoms with Gasteiger partial charge in [-0.2, -0.15) is 0 Å². The van der Waals surface area contributed by atoms with E-state index in [2.05, 4.69) is 9.98 Å². The summed E-state index contributed by atoms with van der Waals surface area (Å²) in [5.74, 6) is -2.51. The average molecular weight is 302 g/mol. The summed E-state index contributed by atoms with van der Waals surface area (Å²) in [5, 5.41) is 0. The third kappa shape index (κ3) is 4.59. The maximum Gasteiger partial charge on any atom is 0.251 e. The highest BCUT2D eigenvalue weighted by Gasteiger charge is 2.28. The van der Waals surface area contributed by atoms with Gasteiger partial charge in [-0.15, -0.1) is 0 Å². The lowest BCUT2D eigenvalue weighted by molar-refractivity contribution is -0.0277. The summed E-state index contributed by atoms with van der Waals surface area (Å²) < 4.78 is 54.9. The zero-order valence-corrected chi connectivity index (χ0v) is 12.2. The van der Waals surface area contributed by atoms with Crippen LogP contribution < -0.4 is 0 Å². The molecule has 2 rings (SSSR count). The number of hydrogen-bond donors (Lipinski definition) is 0. The molecule has 0 aromatic carbocycles. The topological polar surface area (TPSA) is 37.2 Å². The Kier molecular flexibility index (Phi) is 4.15. The maximum atomic E-state index is 13.5. The molecule has 0 amide bonds. The quantitative estimate of drug-likeness (QED) is 0.756. The molecule has 0 aromatic heterocycles. The molecule has 0 aromatic rings. The van der Waals surface area contributed by atoms with Crippen LogP contribution in [0, 0.1) is 0 Å². The number of halogens is 2. The minimum absolute atomic E-state index is 0.138. The highest BCUT2D eigenvalue weighted by atomic mass is 19.3. The Hall–Kier alpha value is -1.30. The van der Waals surface area contributed by atoms with Crippen LogP contribution in [0.5, 0.6) is 0 Å². The summed E-state index contributed by atoms with van der Waals surface area (Å²) in [4.78, 5) is 9.71. The first-order valence-electron chi connectivity index (χ1n) is 8.77. The van der Waals surface area contributed by atoms with Gasteiger partial charge in [-0.1, -0.05) is 19.4 Å². The standard InChI is InChI=1S/C15H23F2N3O/c1-3-6-15(16,17)7-9-21-14-13(18-11-19-14)12-5-4-8-20(2)10-12/h5H,3-4,6-11H2,1-2H3/i2D3. The van der Waals surface area contributed by atoms with E-state index in [0.717, 1.165) is 5.57 Å². The maximum absolute atomic E-state index is 13.5. The zero-order chi connectivity index (χ0) is 17.8. The number of rotatable bonds is 6. The highest BCUT2D eigenvalue weighted by molar-refractivity contribution is 6.46. The molecule has 2 aliphatic rings. The predicted molar refractivity (Wildman–Crippen MR) is 80.4 cm³/mol. The largest absolute Gasteiger partial charge is 0.476 e. The Morgan fingerprint density at radius 3 is 3.05 bits per heavy atom. The molecule has 0 atom stereocenters. The first-order chi connectivity index (χ1) is 11.2. The van der Waals surface area contributed by atoms with Crippen molar-refractivity contribution in [3.63, 3.8) is 0 Å². The molecule has 0 N–H and O–H groups in total. The van der Waals surface area contributed by atoms with Crippen LogP contribution in [-0.2, 0) is 4.74 Å². The number of nitrogens with zero attached hydrogens (tertiary/aromatic N) is 3. The van der Waals surface area contributed by atoms with Crippen molar-refractivity contribution in [1.82, 2.24) is 4.90 Å². The monoisotopic (exact) mass is 302 g/mol. The Morgan fingerprint density at radius 2 is 2.29 bits per heavy atom. The summed E-state index contributed by atoms with van der Waals surface area (Å²) >= 11 is 0. The Labute approximate surface area is 128 Å². The molecule has 0 spiro atoms. The van der Waals surface area contributed by atoms with E-state index < -0.39 is 12.9 Å². The van der Waals surface area contributed by atoms with Gasteiger partial charge < -0.3 is 9.64 Å². The molecule has 0 saturated heterocycles. The Balaban J connectivity index is 1.92. The van der Waals surface area contributed by atoms with Gasteiger partial charge in [0.05, 0.1) is 6.61 Å². The lowest BCUT2D eigenvalue weighted by atomic mass is 10.1. The smallest absolute Gasteiger partial charge is 0.251 e. The first kappa shape index (κ1) is 12.3. The lowest BCUT2D eigenvalue weighted by Crippen LogP contribution is -2.31. The second-order valence-corrected chi connectivity index (χ2v) is 5.26. The molecule has 0 bridgehead atoms. The van der Waals surface area contributed by atoms with Crippen LogP contribution in [0.1, 0.15) is 36.7 Å². The SMILES string of the molecule is [2H]C([2H])([2H])N1CCC=C(C2=NCN=C2OCCC(F)(F)CCC)C1. The van der Waals surface area contributed by atoms with Crippen molar-refractivity contribution < 1.29 is 17.6 Å². The summed E-state index contributed by atoms with van der Waals surface area (Å²) in [7, 11) is 0. The molecule has 0 aliphatic carbocycles. The van der Waals surface area contributed by atoms with Crippen LogP contribution in [0.3, 0.4) is 0 Å². The molecule has 2 heterocycles. The van der Waals surface area contributed by atoms with Gasteiger partial charge in [0.1, 0.15) is 12.4 Å². The molecule has 6 heteroatoms. The third-order valence-electron chi connectivity index (χ3n) is 3.42. The van der Waals surface area contributed by atoms with Crippen LogP contribution >= 0.6 is 0 Å². The van der Waals surface area contributed by atoms with E-state index in [4.69, 9.17) is 8.85 Å². The van der Waals surface area contributed by atoms with Crippen molar-refractivity contribution in [3.8, 4) is 0 Å². The summed E-state index contributed by atoms with van der Waals surface area (Å²) in [6.07, 6.45) is 2.39. The summed E-state index contributed by atoms with van der Waals surface area (Å²) in [6.45, 7) is 0.266. The predicted octanol–water partition coefficient (Wildman–Crippen LogP) is 2.90. The van der Waals surface area contributed by atoms with Crippen LogP contribution in [0.2, 0.25) is 0 Å². The van der Waals surface area contributed by atoms with Crippen LogP contribution in [-0.4, -0.2) is 55.8 Å². The van der Waals surface area contributed by atoms with Gasteiger partial charge in [0.15, 0.2) is 0 Å². The fourth-order valence-corrected chi connectivity index (χ4v) is 2.37. The second kappa shape index (κ2) is 7.11. The van der Waals surface area contributed by atoms with Crippen LogP contribution in [0.4, 0.5) is 8.78 Å². The van der Waals surface area contributed by atoms with E-state index in [-0.39, 0.29) is 38.6 Å². The molecule has 4 nitrogen and oxygen atoms in total. The zero-order valence-electron chi connectivity index (χ0n) is 15.2. The molecule has 0 saturated carbocycles. The van der Waals surface area contributed by atoms with Crippen LogP contribution in [0.15, 0.2) is 21.6 Å². The van der Waals surface area contributed by atoms with Crippen molar-refractivity contribution in [2.45, 2.75) is 38.5 Å². The summed E-state index contributed by atoms with van der Waals surface area (Å²) in [6, 6.07) is 0. The van der Waals surface area contributed by atoms with E-state index in [1.807, 2.05) is 6.08 Å².